The van der Waals surface area contributed by atoms with Crippen molar-refractivity contribution >= 4 is 10.0 Å². The van der Waals surface area contributed by atoms with Crippen LogP contribution in [0.1, 0.15) is 33.6 Å². The lowest BCUT2D eigenvalue weighted by Crippen LogP contribution is -2.37. The van der Waals surface area contributed by atoms with Gasteiger partial charge in [0.25, 0.3) is 0 Å². The first-order chi connectivity index (χ1) is 6.69. The molecule has 1 aliphatic heterocycles. The fraction of sp³-hybridized carbons (Fsp3) is 1.00. The molecule has 1 heterocycles. The molecule has 1 saturated heterocycles. The smallest absolute Gasteiger partial charge is 0.210 e. The van der Waals surface area contributed by atoms with Crippen molar-refractivity contribution in [3.63, 3.8) is 0 Å². The Hall–Kier alpha value is -0.160. The Bertz CT molecular complexity index is 379. The Morgan fingerprint density at radius 1 is 1.33 bits per heavy atom. The Morgan fingerprint density at radius 3 is 2.53 bits per heavy atom. The Balaban J connectivity index is 2.48. The molecule has 2 fully saturated rings. The molecule has 2 atom stereocenters. The van der Waals surface area contributed by atoms with Crippen LogP contribution in [0.15, 0.2) is 0 Å². The summed E-state index contributed by atoms with van der Waals surface area (Å²) in [5, 5.41) is 0. The van der Waals surface area contributed by atoms with Crippen LogP contribution in [0, 0.1) is 16.7 Å². The van der Waals surface area contributed by atoms with Gasteiger partial charge in [-0.25, -0.2) is 8.42 Å². The SMILES string of the molecule is CC12CCC(CN(F)S(=O)(=O)C1)C2(C)C. The fourth-order valence-electron chi connectivity index (χ4n) is 3.01. The van der Waals surface area contributed by atoms with Crippen LogP contribution < -0.4 is 0 Å². The van der Waals surface area contributed by atoms with Gasteiger partial charge in [-0.3, -0.25) is 0 Å². The van der Waals surface area contributed by atoms with Gasteiger partial charge in [0.05, 0.1) is 5.75 Å². The van der Waals surface area contributed by atoms with Gasteiger partial charge in [-0.2, -0.15) is 0 Å². The molecule has 2 unspecified atom stereocenters. The van der Waals surface area contributed by atoms with Crippen molar-refractivity contribution < 1.29 is 12.9 Å². The molecule has 2 rings (SSSR count). The summed E-state index contributed by atoms with van der Waals surface area (Å²) in [5.41, 5.74) is -0.377. The number of sulfonamides is 1. The van der Waals surface area contributed by atoms with Crippen molar-refractivity contribution in [3.8, 4) is 0 Å². The highest BCUT2D eigenvalue weighted by Gasteiger charge is 2.57. The van der Waals surface area contributed by atoms with Crippen LogP contribution in [0.2, 0.25) is 0 Å². The quantitative estimate of drug-likeness (QED) is 0.602. The molecule has 3 nitrogen and oxygen atoms in total. The zero-order chi connectivity index (χ0) is 11.5. The average molecular weight is 235 g/mol. The summed E-state index contributed by atoms with van der Waals surface area (Å²) in [6.45, 7) is 6.15. The first kappa shape index (κ1) is 11.3. The molecule has 15 heavy (non-hydrogen) atoms. The number of rotatable bonds is 0. The second kappa shape index (κ2) is 2.94. The van der Waals surface area contributed by atoms with Gasteiger partial charge in [0.2, 0.25) is 10.0 Å². The monoisotopic (exact) mass is 235 g/mol. The maximum atomic E-state index is 13.4. The molecule has 2 bridgehead atoms. The summed E-state index contributed by atoms with van der Waals surface area (Å²) in [7, 11) is -3.69. The highest BCUT2D eigenvalue weighted by Crippen LogP contribution is 2.58. The minimum absolute atomic E-state index is 0.0327. The lowest BCUT2D eigenvalue weighted by molar-refractivity contribution is 0.0698. The zero-order valence-corrected chi connectivity index (χ0v) is 10.3. The lowest BCUT2D eigenvalue weighted by atomic mass is 9.67. The number of nitrogens with zero attached hydrogens (tertiary/aromatic N) is 1. The number of hydrogen-bond acceptors (Lipinski definition) is 2. The van der Waals surface area contributed by atoms with Gasteiger partial charge >= 0.3 is 0 Å². The summed E-state index contributed by atoms with van der Waals surface area (Å²) in [5.74, 6) is 0.0878. The summed E-state index contributed by atoms with van der Waals surface area (Å²) in [4.78, 5) is 0. The second-order valence-corrected chi connectivity index (χ2v) is 7.59. The summed E-state index contributed by atoms with van der Waals surface area (Å²) < 4.78 is 36.8. The topological polar surface area (TPSA) is 37.4 Å². The van der Waals surface area contributed by atoms with Crippen molar-refractivity contribution in [2.45, 2.75) is 33.6 Å². The minimum Gasteiger partial charge on any atom is -0.210 e. The molecule has 2 aliphatic rings. The first-order valence-electron chi connectivity index (χ1n) is 5.35. The van der Waals surface area contributed by atoms with Gasteiger partial charge in [-0.05, 0) is 34.1 Å². The van der Waals surface area contributed by atoms with Gasteiger partial charge in [-0.1, -0.05) is 20.8 Å². The molecule has 0 aromatic rings. The van der Waals surface area contributed by atoms with E-state index >= 15 is 0 Å². The molecule has 88 valence electrons. The van der Waals surface area contributed by atoms with Crippen molar-refractivity contribution in [1.29, 1.82) is 0 Å². The third-order valence-corrected chi connectivity index (χ3v) is 6.54. The highest BCUT2D eigenvalue weighted by molar-refractivity contribution is 7.89. The molecule has 0 radical (unpaired) electrons. The first-order valence-corrected chi connectivity index (χ1v) is 6.96. The molecular formula is C10H18FNO2S. The highest BCUT2D eigenvalue weighted by atomic mass is 32.2. The van der Waals surface area contributed by atoms with Crippen LogP contribution in [0.4, 0.5) is 4.48 Å². The maximum Gasteiger partial charge on any atom is 0.240 e. The number of fused-ring (bicyclic) bond motifs is 2. The Labute approximate surface area is 90.6 Å². The molecule has 0 aromatic carbocycles. The van der Waals surface area contributed by atoms with Crippen molar-refractivity contribution in [1.82, 2.24) is 4.53 Å². The van der Waals surface area contributed by atoms with Crippen molar-refractivity contribution in [3.05, 3.63) is 0 Å². The Morgan fingerprint density at radius 2 is 1.93 bits per heavy atom. The Kier molecular flexibility index (Phi) is 2.22. The lowest BCUT2D eigenvalue weighted by Gasteiger charge is -2.38. The van der Waals surface area contributed by atoms with E-state index in [1.807, 2.05) is 6.92 Å². The van der Waals surface area contributed by atoms with Crippen molar-refractivity contribution in [2.24, 2.45) is 16.7 Å². The molecule has 1 aliphatic carbocycles. The van der Waals surface area contributed by atoms with E-state index in [0.29, 0.717) is 0 Å². The van der Waals surface area contributed by atoms with Crippen LogP contribution in [0.25, 0.3) is 0 Å². The maximum absolute atomic E-state index is 13.4. The van der Waals surface area contributed by atoms with E-state index in [4.69, 9.17) is 0 Å². The van der Waals surface area contributed by atoms with E-state index < -0.39 is 10.0 Å². The van der Waals surface area contributed by atoms with E-state index in [9.17, 15) is 12.9 Å². The third-order valence-electron chi connectivity index (χ3n) is 4.79. The van der Waals surface area contributed by atoms with Crippen LogP contribution in [0.3, 0.4) is 0 Å². The molecule has 1 saturated carbocycles. The second-order valence-electron chi connectivity index (χ2n) is 5.74. The standard InChI is InChI=1S/C10H18FNO2S/c1-9(2)8-4-5-10(9,3)7-15(13,14)12(11)6-8/h8H,4-7H2,1-3H3. The predicted octanol–water partition coefficient (Wildman–Crippen LogP) is 1.96. The summed E-state index contributed by atoms with van der Waals surface area (Å²) >= 11 is 0. The van der Waals surface area contributed by atoms with Crippen LogP contribution in [-0.4, -0.2) is 25.2 Å². The minimum atomic E-state index is -3.69. The molecular weight excluding hydrogens is 217 g/mol. The summed E-state index contributed by atoms with van der Waals surface area (Å²) in [6, 6.07) is 0. The van der Waals surface area contributed by atoms with Gasteiger partial charge in [-0.15, -0.1) is 4.48 Å². The van der Waals surface area contributed by atoms with Crippen LogP contribution in [-0.2, 0) is 10.0 Å². The fourth-order valence-corrected chi connectivity index (χ4v) is 4.87. The predicted molar refractivity (Wildman–Crippen MR) is 56.2 cm³/mol. The van der Waals surface area contributed by atoms with Gasteiger partial charge in [0.15, 0.2) is 0 Å². The molecule has 0 N–H and O–H groups in total. The van der Waals surface area contributed by atoms with Crippen LogP contribution >= 0.6 is 0 Å². The normalized spacial score (nSPS) is 43.9. The zero-order valence-electron chi connectivity index (χ0n) is 9.46. The van der Waals surface area contributed by atoms with E-state index in [2.05, 4.69) is 13.8 Å². The van der Waals surface area contributed by atoms with E-state index in [-0.39, 0.29) is 33.6 Å². The van der Waals surface area contributed by atoms with E-state index in [1.165, 1.54) is 0 Å². The molecule has 5 heteroatoms. The average Bonchev–Trinajstić information content (AvgIpc) is 2.24. The molecule has 0 spiro atoms. The van der Waals surface area contributed by atoms with Gasteiger partial charge < -0.3 is 0 Å². The number of halogens is 1. The van der Waals surface area contributed by atoms with Gasteiger partial charge in [0.1, 0.15) is 0 Å². The van der Waals surface area contributed by atoms with E-state index in [1.54, 1.807) is 0 Å². The third kappa shape index (κ3) is 1.43. The van der Waals surface area contributed by atoms with Crippen LogP contribution in [0.5, 0.6) is 0 Å². The number of hydrogen-bond donors (Lipinski definition) is 0. The largest absolute Gasteiger partial charge is 0.240 e. The summed E-state index contributed by atoms with van der Waals surface area (Å²) in [6.07, 6.45) is 1.82. The molecule has 0 amide bonds. The van der Waals surface area contributed by atoms with E-state index in [0.717, 1.165) is 12.8 Å². The molecule has 0 aromatic heterocycles. The van der Waals surface area contributed by atoms with Gasteiger partial charge in [0, 0.05) is 6.54 Å². The van der Waals surface area contributed by atoms with Crippen molar-refractivity contribution in [2.75, 3.05) is 12.3 Å².